The molecule has 0 bridgehead atoms. The third-order valence-corrected chi connectivity index (χ3v) is 2.89. The van der Waals surface area contributed by atoms with Crippen LogP contribution in [0.25, 0.3) is 0 Å². The summed E-state index contributed by atoms with van der Waals surface area (Å²) in [5.74, 6) is 0.00918. The zero-order chi connectivity index (χ0) is 12.7. The lowest BCUT2D eigenvalue weighted by Crippen LogP contribution is -2.21. The van der Waals surface area contributed by atoms with Gasteiger partial charge in [0.2, 0.25) is 0 Å². The van der Waals surface area contributed by atoms with E-state index in [4.69, 9.17) is 9.47 Å². The highest BCUT2D eigenvalue weighted by molar-refractivity contribution is 9.10. The highest BCUT2D eigenvalue weighted by atomic mass is 79.9. The van der Waals surface area contributed by atoms with Gasteiger partial charge in [0.1, 0.15) is 6.10 Å². The fourth-order valence-electron chi connectivity index (χ4n) is 1.39. The molecular formula is C13H17BrO3. The molecule has 0 saturated heterocycles. The molecule has 0 amide bonds. The molecule has 0 aliphatic heterocycles. The molecule has 0 aromatic heterocycles. The van der Waals surface area contributed by atoms with Crippen molar-refractivity contribution in [1.82, 2.24) is 0 Å². The highest BCUT2D eigenvalue weighted by Gasteiger charge is 2.15. The SMILES string of the molecule is COCCCOC(C)C(=O)c1ccc(Br)cc1. The second-order valence-corrected chi connectivity index (χ2v) is 4.65. The van der Waals surface area contributed by atoms with Crippen LogP contribution in [-0.2, 0) is 9.47 Å². The van der Waals surface area contributed by atoms with Crippen LogP contribution >= 0.6 is 15.9 Å². The van der Waals surface area contributed by atoms with Crippen molar-refractivity contribution in [2.75, 3.05) is 20.3 Å². The maximum atomic E-state index is 11.9. The third kappa shape index (κ3) is 4.98. The van der Waals surface area contributed by atoms with Crippen LogP contribution in [0.15, 0.2) is 28.7 Å². The molecule has 1 rings (SSSR count). The normalized spacial score (nSPS) is 12.4. The van der Waals surface area contributed by atoms with Gasteiger partial charge in [-0.05, 0) is 25.5 Å². The molecule has 0 heterocycles. The molecule has 94 valence electrons. The zero-order valence-electron chi connectivity index (χ0n) is 10.1. The van der Waals surface area contributed by atoms with Gasteiger partial charge in [0.05, 0.1) is 0 Å². The first kappa shape index (κ1) is 14.4. The smallest absolute Gasteiger partial charge is 0.191 e. The van der Waals surface area contributed by atoms with Crippen LogP contribution in [-0.4, -0.2) is 32.2 Å². The quantitative estimate of drug-likeness (QED) is 0.573. The number of Topliss-reactive ketones (excluding diaryl/α,β-unsaturated/α-hetero) is 1. The number of ketones is 1. The van der Waals surface area contributed by atoms with Gasteiger partial charge < -0.3 is 9.47 Å². The molecule has 0 aliphatic rings. The van der Waals surface area contributed by atoms with Gasteiger partial charge in [-0.2, -0.15) is 0 Å². The Bertz CT molecular complexity index is 348. The predicted molar refractivity (Wildman–Crippen MR) is 70.4 cm³/mol. The Morgan fingerprint density at radius 3 is 2.53 bits per heavy atom. The van der Waals surface area contributed by atoms with Crippen molar-refractivity contribution in [3.8, 4) is 0 Å². The van der Waals surface area contributed by atoms with Crippen molar-refractivity contribution < 1.29 is 14.3 Å². The fourth-order valence-corrected chi connectivity index (χ4v) is 1.65. The van der Waals surface area contributed by atoms with E-state index in [-0.39, 0.29) is 5.78 Å². The van der Waals surface area contributed by atoms with Crippen molar-refractivity contribution in [3.63, 3.8) is 0 Å². The molecule has 0 N–H and O–H groups in total. The standard InChI is InChI=1S/C13H17BrO3/c1-10(17-9-3-8-16-2)13(15)11-4-6-12(14)7-5-11/h4-7,10H,3,8-9H2,1-2H3. The Balaban J connectivity index is 2.43. The van der Waals surface area contributed by atoms with Crippen molar-refractivity contribution in [2.24, 2.45) is 0 Å². The molecule has 0 radical (unpaired) electrons. The minimum atomic E-state index is -0.409. The van der Waals surface area contributed by atoms with E-state index in [1.54, 1.807) is 26.2 Å². The number of methoxy groups -OCH3 is 1. The van der Waals surface area contributed by atoms with Crippen molar-refractivity contribution in [3.05, 3.63) is 34.3 Å². The number of rotatable bonds is 7. The molecule has 1 aromatic rings. The lowest BCUT2D eigenvalue weighted by atomic mass is 10.1. The topological polar surface area (TPSA) is 35.5 Å². The molecule has 1 aromatic carbocycles. The Kier molecular flexibility index (Phi) is 6.40. The molecular weight excluding hydrogens is 284 g/mol. The van der Waals surface area contributed by atoms with Gasteiger partial charge >= 0.3 is 0 Å². The van der Waals surface area contributed by atoms with E-state index in [2.05, 4.69) is 15.9 Å². The van der Waals surface area contributed by atoms with Crippen LogP contribution in [0.2, 0.25) is 0 Å². The lowest BCUT2D eigenvalue weighted by molar-refractivity contribution is 0.0404. The van der Waals surface area contributed by atoms with Crippen LogP contribution in [0.3, 0.4) is 0 Å². The molecule has 0 spiro atoms. The number of benzene rings is 1. The maximum absolute atomic E-state index is 11.9. The molecule has 1 atom stereocenters. The van der Waals surface area contributed by atoms with E-state index in [0.29, 0.717) is 18.8 Å². The van der Waals surface area contributed by atoms with Gasteiger partial charge in [-0.25, -0.2) is 0 Å². The summed E-state index contributed by atoms with van der Waals surface area (Å²) in [5, 5.41) is 0. The van der Waals surface area contributed by atoms with E-state index in [9.17, 15) is 4.79 Å². The summed E-state index contributed by atoms with van der Waals surface area (Å²) in [6.07, 6.45) is 0.391. The molecule has 0 aliphatic carbocycles. The van der Waals surface area contributed by atoms with Gasteiger partial charge in [-0.15, -0.1) is 0 Å². The van der Waals surface area contributed by atoms with Crippen LogP contribution < -0.4 is 0 Å². The Hall–Kier alpha value is -0.710. The van der Waals surface area contributed by atoms with Gasteiger partial charge in [0.25, 0.3) is 0 Å². The monoisotopic (exact) mass is 300 g/mol. The summed E-state index contributed by atoms with van der Waals surface area (Å²) in [6.45, 7) is 2.97. The number of halogens is 1. The van der Waals surface area contributed by atoms with E-state index < -0.39 is 6.10 Å². The maximum Gasteiger partial charge on any atom is 0.191 e. The molecule has 17 heavy (non-hydrogen) atoms. The molecule has 4 heteroatoms. The molecule has 3 nitrogen and oxygen atoms in total. The second kappa shape index (κ2) is 7.58. The minimum Gasteiger partial charge on any atom is -0.385 e. The molecule has 0 fully saturated rings. The molecule has 0 saturated carbocycles. The van der Waals surface area contributed by atoms with E-state index in [1.165, 1.54) is 0 Å². The average molecular weight is 301 g/mol. The number of carbonyl (C=O) groups excluding carboxylic acids is 1. The van der Waals surface area contributed by atoms with Gasteiger partial charge in [0.15, 0.2) is 5.78 Å². The summed E-state index contributed by atoms with van der Waals surface area (Å²) in [7, 11) is 1.65. The van der Waals surface area contributed by atoms with Gasteiger partial charge in [0, 0.05) is 30.4 Å². The Morgan fingerprint density at radius 1 is 1.29 bits per heavy atom. The number of hydrogen-bond acceptors (Lipinski definition) is 3. The Morgan fingerprint density at radius 2 is 1.94 bits per heavy atom. The van der Waals surface area contributed by atoms with E-state index >= 15 is 0 Å². The van der Waals surface area contributed by atoms with Crippen molar-refractivity contribution in [2.45, 2.75) is 19.4 Å². The Labute approximate surface area is 110 Å². The third-order valence-electron chi connectivity index (χ3n) is 2.36. The summed E-state index contributed by atoms with van der Waals surface area (Å²) in [5.41, 5.74) is 0.674. The van der Waals surface area contributed by atoms with Crippen molar-refractivity contribution >= 4 is 21.7 Å². The first-order chi connectivity index (χ1) is 8.15. The zero-order valence-corrected chi connectivity index (χ0v) is 11.7. The van der Waals surface area contributed by atoms with E-state index in [0.717, 1.165) is 10.9 Å². The fraction of sp³-hybridized carbons (Fsp3) is 0.462. The van der Waals surface area contributed by atoms with E-state index in [1.807, 2.05) is 12.1 Å². The van der Waals surface area contributed by atoms with Crippen LogP contribution in [0, 0.1) is 0 Å². The number of ether oxygens (including phenoxy) is 2. The molecule has 1 unspecified atom stereocenters. The summed E-state index contributed by atoms with van der Waals surface area (Å²) >= 11 is 3.33. The van der Waals surface area contributed by atoms with Gasteiger partial charge in [-0.1, -0.05) is 28.1 Å². The summed E-state index contributed by atoms with van der Waals surface area (Å²) < 4.78 is 11.3. The van der Waals surface area contributed by atoms with Crippen LogP contribution in [0.5, 0.6) is 0 Å². The largest absolute Gasteiger partial charge is 0.385 e. The van der Waals surface area contributed by atoms with Crippen LogP contribution in [0.1, 0.15) is 23.7 Å². The highest BCUT2D eigenvalue weighted by Crippen LogP contribution is 2.13. The second-order valence-electron chi connectivity index (χ2n) is 3.73. The number of carbonyl (C=O) groups is 1. The predicted octanol–water partition coefficient (Wildman–Crippen LogP) is 3.07. The first-order valence-electron chi connectivity index (χ1n) is 5.55. The first-order valence-corrected chi connectivity index (χ1v) is 6.34. The minimum absolute atomic E-state index is 0.00918. The van der Waals surface area contributed by atoms with Crippen molar-refractivity contribution in [1.29, 1.82) is 0 Å². The van der Waals surface area contributed by atoms with Crippen LogP contribution in [0.4, 0.5) is 0 Å². The van der Waals surface area contributed by atoms with Gasteiger partial charge in [-0.3, -0.25) is 4.79 Å². The average Bonchev–Trinajstić information content (AvgIpc) is 2.34. The number of hydrogen-bond donors (Lipinski definition) is 0. The summed E-state index contributed by atoms with van der Waals surface area (Å²) in [4.78, 5) is 11.9. The lowest BCUT2D eigenvalue weighted by Gasteiger charge is -2.11. The summed E-state index contributed by atoms with van der Waals surface area (Å²) in [6, 6.07) is 7.29.